The molecule has 0 bridgehead atoms. The van der Waals surface area contributed by atoms with Crippen LogP contribution in [0.5, 0.6) is 17.2 Å². The Morgan fingerprint density at radius 3 is 2.77 bits per heavy atom. The molecule has 0 saturated carbocycles. The summed E-state index contributed by atoms with van der Waals surface area (Å²) in [4.78, 5) is 0. The molecule has 0 unspecified atom stereocenters. The molecule has 0 fully saturated rings. The first kappa shape index (κ1) is 13.5. The summed E-state index contributed by atoms with van der Waals surface area (Å²) in [6.45, 7) is 0.972. The van der Waals surface area contributed by atoms with Crippen LogP contribution in [0.2, 0.25) is 0 Å². The summed E-state index contributed by atoms with van der Waals surface area (Å²) in [5, 5.41) is 13.5. The molecule has 1 atom stereocenters. The predicted octanol–water partition coefficient (Wildman–Crippen LogP) is 2.82. The molecule has 22 heavy (non-hydrogen) atoms. The van der Waals surface area contributed by atoms with Crippen LogP contribution in [0.3, 0.4) is 0 Å². The van der Waals surface area contributed by atoms with Gasteiger partial charge >= 0.3 is 0 Å². The summed E-state index contributed by atoms with van der Waals surface area (Å²) in [5.74, 6) is 1.79. The Hall–Kier alpha value is -2.20. The average molecular weight is 297 g/mol. The first-order valence-electron chi connectivity index (χ1n) is 7.56. The molecule has 2 aliphatic rings. The number of phenolic OH excluding ortho intramolecular Hbond substituents is 1. The zero-order valence-electron chi connectivity index (χ0n) is 12.8. The van der Waals surface area contributed by atoms with E-state index in [2.05, 4.69) is 11.4 Å². The van der Waals surface area contributed by atoms with E-state index in [1.807, 2.05) is 12.1 Å². The number of aromatic hydroxyl groups is 1. The molecule has 1 heterocycles. The van der Waals surface area contributed by atoms with E-state index < -0.39 is 0 Å². The van der Waals surface area contributed by atoms with Gasteiger partial charge in [-0.2, -0.15) is 0 Å². The number of nitrogens with one attached hydrogen (secondary N) is 1. The Kier molecular flexibility index (Phi) is 3.01. The van der Waals surface area contributed by atoms with Crippen LogP contribution in [0, 0.1) is 0 Å². The number of fused-ring (bicyclic) bond motifs is 2. The molecule has 0 amide bonds. The van der Waals surface area contributed by atoms with Gasteiger partial charge in [0.05, 0.1) is 14.2 Å². The number of methoxy groups -OCH3 is 2. The van der Waals surface area contributed by atoms with Gasteiger partial charge in [0.15, 0.2) is 11.5 Å². The molecule has 0 saturated heterocycles. The van der Waals surface area contributed by atoms with E-state index in [9.17, 15) is 5.11 Å². The zero-order chi connectivity index (χ0) is 15.3. The SMILES string of the molecule is COc1cc2c3c(c1OC)-c1cc(O)ccc1C[C@@H]3NCC2. The summed E-state index contributed by atoms with van der Waals surface area (Å²) < 4.78 is 11.2. The molecular weight excluding hydrogens is 278 g/mol. The minimum absolute atomic E-state index is 0.277. The third-order valence-corrected chi connectivity index (χ3v) is 4.72. The molecule has 0 spiro atoms. The summed E-state index contributed by atoms with van der Waals surface area (Å²) >= 11 is 0. The highest BCUT2D eigenvalue weighted by atomic mass is 16.5. The second kappa shape index (κ2) is 4.92. The van der Waals surface area contributed by atoms with Crippen molar-refractivity contribution in [2.45, 2.75) is 18.9 Å². The van der Waals surface area contributed by atoms with E-state index in [1.165, 1.54) is 16.7 Å². The van der Waals surface area contributed by atoms with E-state index in [-0.39, 0.29) is 5.75 Å². The number of hydrogen-bond acceptors (Lipinski definition) is 4. The van der Waals surface area contributed by atoms with Gasteiger partial charge in [-0.3, -0.25) is 0 Å². The predicted molar refractivity (Wildman–Crippen MR) is 84.8 cm³/mol. The van der Waals surface area contributed by atoms with Crippen LogP contribution in [-0.2, 0) is 12.8 Å². The molecule has 1 aliphatic heterocycles. The van der Waals surface area contributed by atoms with Crippen molar-refractivity contribution in [1.29, 1.82) is 0 Å². The van der Waals surface area contributed by atoms with Crippen LogP contribution >= 0.6 is 0 Å². The lowest BCUT2D eigenvalue weighted by Gasteiger charge is -2.35. The third kappa shape index (κ3) is 1.80. The Bertz CT molecular complexity index is 754. The molecule has 4 nitrogen and oxygen atoms in total. The zero-order valence-corrected chi connectivity index (χ0v) is 12.8. The van der Waals surface area contributed by atoms with E-state index in [1.54, 1.807) is 20.3 Å². The third-order valence-electron chi connectivity index (χ3n) is 4.72. The number of ether oxygens (including phenoxy) is 2. The molecule has 0 radical (unpaired) electrons. The lowest BCUT2D eigenvalue weighted by Crippen LogP contribution is -2.33. The second-order valence-electron chi connectivity index (χ2n) is 5.86. The highest BCUT2D eigenvalue weighted by molar-refractivity contribution is 5.84. The van der Waals surface area contributed by atoms with Gasteiger partial charge in [0.25, 0.3) is 0 Å². The van der Waals surface area contributed by atoms with Crippen molar-refractivity contribution < 1.29 is 14.6 Å². The maximum Gasteiger partial charge on any atom is 0.168 e. The van der Waals surface area contributed by atoms with Crippen molar-refractivity contribution >= 4 is 0 Å². The number of rotatable bonds is 2. The van der Waals surface area contributed by atoms with E-state index >= 15 is 0 Å². The highest BCUT2D eigenvalue weighted by Gasteiger charge is 2.33. The van der Waals surface area contributed by atoms with Crippen molar-refractivity contribution in [3.63, 3.8) is 0 Å². The van der Waals surface area contributed by atoms with Gasteiger partial charge in [0, 0.05) is 11.6 Å². The van der Waals surface area contributed by atoms with Gasteiger partial charge in [-0.15, -0.1) is 0 Å². The number of hydrogen-bond donors (Lipinski definition) is 2. The molecule has 1 aliphatic carbocycles. The number of phenols is 1. The van der Waals surface area contributed by atoms with Crippen LogP contribution in [-0.4, -0.2) is 25.9 Å². The fourth-order valence-electron chi connectivity index (χ4n) is 3.79. The van der Waals surface area contributed by atoms with Crippen LogP contribution < -0.4 is 14.8 Å². The van der Waals surface area contributed by atoms with Gasteiger partial charge in [-0.1, -0.05) is 6.07 Å². The molecule has 0 aromatic heterocycles. The quantitative estimate of drug-likeness (QED) is 0.895. The van der Waals surface area contributed by atoms with E-state index in [0.717, 1.165) is 42.0 Å². The Morgan fingerprint density at radius 2 is 2.00 bits per heavy atom. The van der Waals surface area contributed by atoms with Crippen molar-refractivity contribution in [3.05, 3.63) is 41.0 Å². The van der Waals surface area contributed by atoms with Gasteiger partial charge in [-0.25, -0.2) is 0 Å². The first-order chi connectivity index (χ1) is 10.7. The minimum atomic E-state index is 0.277. The molecule has 2 aromatic carbocycles. The topological polar surface area (TPSA) is 50.7 Å². The molecule has 4 rings (SSSR count). The van der Waals surface area contributed by atoms with Crippen molar-refractivity contribution in [2.75, 3.05) is 20.8 Å². The van der Waals surface area contributed by atoms with Crippen LogP contribution in [0.4, 0.5) is 0 Å². The van der Waals surface area contributed by atoms with E-state index in [4.69, 9.17) is 9.47 Å². The van der Waals surface area contributed by atoms with Crippen LogP contribution in [0.15, 0.2) is 24.3 Å². The van der Waals surface area contributed by atoms with Crippen LogP contribution in [0.1, 0.15) is 22.7 Å². The Morgan fingerprint density at radius 1 is 1.14 bits per heavy atom. The maximum atomic E-state index is 9.92. The standard InChI is InChI=1S/C18H19NO3/c1-21-15-8-11-5-6-19-14-7-10-3-4-12(20)9-13(10)17(16(11)14)18(15)22-2/h3-4,8-9,14,19-20H,5-7H2,1-2H3/t14-/m0/s1. The van der Waals surface area contributed by atoms with Crippen molar-refractivity contribution in [3.8, 4) is 28.4 Å². The minimum Gasteiger partial charge on any atom is -0.508 e. The van der Waals surface area contributed by atoms with E-state index in [0.29, 0.717) is 6.04 Å². The molecular formula is C18H19NO3. The molecule has 2 aromatic rings. The number of benzene rings is 2. The van der Waals surface area contributed by atoms with Crippen LogP contribution in [0.25, 0.3) is 11.1 Å². The van der Waals surface area contributed by atoms with Gasteiger partial charge in [-0.05, 0) is 59.8 Å². The Labute approximate surface area is 129 Å². The fourth-order valence-corrected chi connectivity index (χ4v) is 3.79. The monoisotopic (exact) mass is 297 g/mol. The fraction of sp³-hybridized carbons (Fsp3) is 0.333. The molecule has 114 valence electrons. The first-order valence-corrected chi connectivity index (χ1v) is 7.56. The normalized spacial score (nSPS) is 18.4. The van der Waals surface area contributed by atoms with Crippen molar-refractivity contribution in [1.82, 2.24) is 5.32 Å². The summed E-state index contributed by atoms with van der Waals surface area (Å²) in [7, 11) is 3.34. The smallest absolute Gasteiger partial charge is 0.168 e. The summed E-state index contributed by atoms with van der Waals surface area (Å²) in [6.07, 6.45) is 1.92. The largest absolute Gasteiger partial charge is 0.508 e. The highest BCUT2D eigenvalue weighted by Crippen LogP contribution is 2.51. The van der Waals surface area contributed by atoms with Crippen molar-refractivity contribution in [2.24, 2.45) is 0 Å². The Balaban J connectivity index is 2.09. The average Bonchev–Trinajstić information content (AvgIpc) is 2.55. The van der Waals surface area contributed by atoms with Gasteiger partial charge in [0.2, 0.25) is 0 Å². The lowest BCUT2D eigenvalue weighted by molar-refractivity contribution is 0.353. The summed E-state index contributed by atoms with van der Waals surface area (Å²) in [6, 6.07) is 7.98. The molecule has 2 N–H and O–H groups in total. The maximum absolute atomic E-state index is 9.92. The summed E-state index contributed by atoms with van der Waals surface area (Å²) in [5.41, 5.74) is 5.94. The lowest BCUT2D eigenvalue weighted by atomic mass is 9.77. The molecule has 4 heteroatoms. The van der Waals surface area contributed by atoms with Gasteiger partial charge in [0.1, 0.15) is 5.75 Å². The van der Waals surface area contributed by atoms with Gasteiger partial charge < -0.3 is 19.9 Å². The second-order valence-corrected chi connectivity index (χ2v) is 5.86.